The maximum absolute atomic E-state index is 9.00. The third-order valence-electron chi connectivity index (χ3n) is 2.65. The molecule has 1 aliphatic rings. The van der Waals surface area contributed by atoms with Crippen LogP contribution in [0.15, 0.2) is 24.8 Å². The lowest BCUT2D eigenvalue weighted by Crippen LogP contribution is -2.15. The molecule has 0 aromatic carbocycles. The SMILES string of the molecule is Nc1ncnc2ncn([C@H]3C=C[C@@H](CO)O3)c12. The minimum absolute atomic E-state index is 0.0500. The molecule has 3 N–H and O–H groups in total. The van der Waals surface area contributed by atoms with Gasteiger partial charge in [0.05, 0.1) is 6.61 Å². The molecule has 0 saturated carbocycles. The molecule has 2 aromatic heterocycles. The minimum atomic E-state index is -0.328. The Hall–Kier alpha value is -1.99. The van der Waals surface area contributed by atoms with E-state index >= 15 is 0 Å². The van der Waals surface area contributed by atoms with Crippen molar-refractivity contribution in [3.8, 4) is 0 Å². The van der Waals surface area contributed by atoms with E-state index in [1.165, 1.54) is 6.33 Å². The Labute approximate surface area is 96.6 Å². The number of nitrogen functional groups attached to an aromatic ring is 1. The average molecular weight is 233 g/mol. The number of aliphatic hydroxyl groups is 1. The smallest absolute Gasteiger partial charge is 0.183 e. The first-order valence-electron chi connectivity index (χ1n) is 5.17. The number of rotatable bonds is 2. The van der Waals surface area contributed by atoms with Crippen LogP contribution < -0.4 is 5.73 Å². The summed E-state index contributed by atoms with van der Waals surface area (Å²) in [6.45, 7) is -0.0500. The molecule has 0 bridgehead atoms. The highest BCUT2D eigenvalue weighted by atomic mass is 16.5. The van der Waals surface area contributed by atoms with Gasteiger partial charge in [-0.1, -0.05) is 6.08 Å². The Morgan fingerprint density at radius 2 is 2.24 bits per heavy atom. The highest BCUT2D eigenvalue weighted by Crippen LogP contribution is 2.26. The molecule has 0 radical (unpaired) electrons. The van der Waals surface area contributed by atoms with E-state index in [-0.39, 0.29) is 18.9 Å². The van der Waals surface area contributed by atoms with Crippen molar-refractivity contribution in [2.45, 2.75) is 12.3 Å². The summed E-state index contributed by atoms with van der Waals surface area (Å²) in [6.07, 6.45) is 6.00. The first-order valence-corrected chi connectivity index (χ1v) is 5.17. The van der Waals surface area contributed by atoms with Crippen LogP contribution in [0.25, 0.3) is 11.2 Å². The van der Waals surface area contributed by atoms with Gasteiger partial charge in [0.1, 0.15) is 24.3 Å². The van der Waals surface area contributed by atoms with Gasteiger partial charge in [-0.3, -0.25) is 4.57 Å². The summed E-state index contributed by atoms with van der Waals surface area (Å²) in [5.74, 6) is 0.358. The van der Waals surface area contributed by atoms with E-state index in [2.05, 4.69) is 15.0 Å². The molecule has 2 aromatic rings. The Balaban J connectivity index is 2.05. The highest BCUT2D eigenvalue weighted by molar-refractivity contribution is 5.81. The molecule has 0 aliphatic carbocycles. The lowest BCUT2D eigenvalue weighted by Gasteiger charge is -2.14. The minimum Gasteiger partial charge on any atom is -0.393 e. The molecule has 2 atom stereocenters. The molecule has 0 fully saturated rings. The van der Waals surface area contributed by atoms with Gasteiger partial charge in [-0.25, -0.2) is 15.0 Å². The molecule has 0 amide bonds. The zero-order valence-corrected chi connectivity index (χ0v) is 8.89. The van der Waals surface area contributed by atoms with Crippen molar-refractivity contribution in [3.05, 3.63) is 24.8 Å². The van der Waals surface area contributed by atoms with Crippen LogP contribution in [-0.2, 0) is 4.74 Å². The Kier molecular flexibility index (Phi) is 2.27. The second-order valence-electron chi connectivity index (χ2n) is 3.72. The number of aliphatic hydroxyl groups excluding tert-OH is 1. The van der Waals surface area contributed by atoms with E-state index in [4.69, 9.17) is 15.6 Å². The largest absolute Gasteiger partial charge is 0.393 e. The standard InChI is InChI=1S/C10H11N5O2/c11-9-8-10(13-4-12-9)14-5-15(8)7-2-1-6(3-16)17-7/h1-2,4-7,16H,3H2,(H2,11,12,13)/t6-,7+/m0/s1. The first kappa shape index (κ1) is 10.2. The number of nitrogens with zero attached hydrogens (tertiary/aromatic N) is 4. The monoisotopic (exact) mass is 233 g/mol. The maximum atomic E-state index is 9.00. The molecule has 17 heavy (non-hydrogen) atoms. The number of hydrogen-bond acceptors (Lipinski definition) is 6. The van der Waals surface area contributed by atoms with Crippen molar-refractivity contribution in [2.75, 3.05) is 12.3 Å². The Morgan fingerprint density at radius 1 is 1.35 bits per heavy atom. The summed E-state index contributed by atoms with van der Waals surface area (Å²) in [5.41, 5.74) is 6.96. The third kappa shape index (κ3) is 1.56. The van der Waals surface area contributed by atoms with Gasteiger partial charge < -0.3 is 15.6 Å². The fraction of sp³-hybridized carbons (Fsp3) is 0.300. The quantitative estimate of drug-likeness (QED) is 0.700. The molecule has 7 nitrogen and oxygen atoms in total. The lowest BCUT2D eigenvalue weighted by atomic mass is 10.4. The number of hydrogen-bond donors (Lipinski definition) is 2. The average Bonchev–Trinajstić information content (AvgIpc) is 2.94. The van der Waals surface area contributed by atoms with Crippen molar-refractivity contribution < 1.29 is 9.84 Å². The van der Waals surface area contributed by atoms with Crippen molar-refractivity contribution in [1.29, 1.82) is 0 Å². The normalized spacial score (nSPS) is 23.6. The third-order valence-corrected chi connectivity index (χ3v) is 2.65. The van der Waals surface area contributed by atoms with Crippen LogP contribution in [0.5, 0.6) is 0 Å². The van der Waals surface area contributed by atoms with Crippen molar-refractivity contribution in [3.63, 3.8) is 0 Å². The zero-order chi connectivity index (χ0) is 11.8. The van der Waals surface area contributed by atoms with E-state index in [0.717, 1.165) is 0 Å². The highest BCUT2D eigenvalue weighted by Gasteiger charge is 2.22. The summed E-state index contributed by atoms with van der Waals surface area (Å²) in [4.78, 5) is 12.1. The summed E-state index contributed by atoms with van der Waals surface area (Å²) in [6, 6.07) is 0. The van der Waals surface area contributed by atoms with E-state index in [1.807, 2.05) is 6.08 Å². The van der Waals surface area contributed by atoms with Gasteiger partial charge in [0, 0.05) is 0 Å². The van der Waals surface area contributed by atoms with E-state index in [1.54, 1.807) is 17.0 Å². The van der Waals surface area contributed by atoms with E-state index in [0.29, 0.717) is 17.0 Å². The van der Waals surface area contributed by atoms with Crippen LogP contribution in [0.3, 0.4) is 0 Å². The van der Waals surface area contributed by atoms with Crippen LogP contribution in [0.1, 0.15) is 6.23 Å². The molecule has 3 rings (SSSR count). The lowest BCUT2D eigenvalue weighted by molar-refractivity contribution is -0.00613. The van der Waals surface area contributed by atoms with Gasteiger partial charge in [-0.05, 0) is 6.08 Å². The van der Waals surface area contributed by atoms with Crippen molar-refractivity contribution >= 4 is 17.0 Å². The van der Waals surface area contributed by atoms with Crippen LogP contribution in [0.2, 0.25) is 0 Å². The second-order valence-corrected chi connectivity index (χ2v) is 3.72. The van der Waals surface area contributed by atoms with E-state index in [9.17, 15) is 0 Å². The Morgan fingerprint density at radius 3 is 3.00 bits per heavy atom. The number of fused-ring (bicyclic) bond motifs is 1. The molecule has 0 spiro atoms. The Bertz CT molecular complexity index is 579. The number of aromatic nitrogens is 4. The van der Waals surface area contributed by atoms with Crippen molar-refractivity contribution in [2.24, 2.45) is 0 Å². The fourth-order valence-electron chi connectivity index (χ4n) is 1.84. The number of anilines is 1. The second kappa shape index (κ2) is 3.79. The molecule has 0 unspecified atom stereocenters. The molecular weight excluding hydrogens is 222 g/mol. The molecule has 88 valence electrons. The van der Waals surface area contributed by atoms with Crippen LogP contribution in [0.4, 0.5) is 5.82 Å². The predicted molar refractivity (Wildman–Crippen MR) is 59.9 cm³/mol. The molecule has 7 heteroatoms. The van der Waals surface area contributed by atoms with E-state index < -0.39 is 0 Å². The van der Waals surface area contributed by atoms with Gasteiger partial charge in [0.25, 0.3) is 0 Å². The number of imidazole rings is 1. The van der Waals surface area contributed by atoms with Crippen LogP contribution >= 0.6 is 0 Å². The summed E-state index contributed by atoms with van der Waals surface area (Å²) >= 11 is 0. The van der Waals surface area contributed by atoms with Gasteiger partial charge in [0.2, 0.25) is 0 Å². The predicted octanol–water partition coefficient (Wildman–Crippen LogP) is -0.146. The van der Waals surface area contributed by atoms with Gasteiger partial charge in [0.15, 0.2) is 17.7 Å². The van der Waals surface area contributed by atoms with Gasteiger partial charge >= 0.3 is 0 Å². The van der Waals surface area contributed by atoms with Gasteiger partial charge in [-0.2, -0.15) is 0 Å². The fourth-order valence-corrected chi connectivity index (χ4v) is 1.84. The van der Waals surface area contributed by atoms with Crippen molar-refractivity contribution in [1.82, 2.24) is 19.5 Å². The summed E-state index contributed by atoms with van der Waals surface area (Å²) in [7, 11) is 0. The topological polar surface area (TPSA) is 99.1 Å². The summed E-state index contributed by atoms with van der Waals surface area (Å²) in [5, 5.41) is 9.00. The first-order chi connectivity index (χ1) is 8.29. The zero-order valence-electron chi connectivity index (χ0n) is 8.89. The molecule has 1 aliphatic heterocycles. The van der Waals surface area contributed by atoms with Crippen LogP contribution in [-0.4, -0.2) is 37.3 Å². The van der Waals surface area contributed by atoms with Gasteiger partial charge in [-0.15, -0.1) is 0 Å². The number of ether oxygens (including phenoxy) is 1. The summed E-state index contributed by atoms with van der Waals surface area (Å²) < 4.78 is 7.32. The van der Waals surface area contributed by atoms with Crippen LogP contribution in [0, 0.1) is 0 Å². The number of nitrogens with two attached hydrogens (primary N) is 1. The maximum Gasteiger partial charge on any atom is 0.183 e. The molecule has 3 heterocycles. The molecule has 0 saturated heterocycles. The molecular formula is C10H11N5O2.